The molecule has 0 saturated carbocycles. The van der Waals surface area contributed by atoms with Gasteiger partial charge in [-0.2, -0.15) is 0 Å². The van der Waals surface area contributed by atoms with Gasteiger partial charge in [-0.15, -0.1) is 0 Å². The largest absolute Gasteiger partial charge is 0.354 e. The van der Waals surface area contributed by atoms with Crippen molar-refractivity contribution < 1.29 is 19.2 Å². The van der Waals surface area contributed by atoms with Gasteiger partial charge >= 0.3 is 0 Å². The van der Waals surface area contributed by atoms with Gasteiger partial charge < -0.3 is 20.9 Å². The van der Waals surface area contributed by atoms with Crippen LogP contribution < -0.4 is 16.0 Å². The van der Waals surface area contributed by atoms with Crippen molar-refractivity contribution in [2.75, 3.05) is 26.3 Å². The van der Waals surface area contributed by atoms with Gasteiger partial charge in [0, 0.05) is 45.3 Å². The van der Waals surface area contributed by atoms with Gasteiger partial charge in [0.1, 0.15) is 0 Å². The molecule has 0 aliphatic heterocycles. The molecular formula is C63H120N4O4. The average molecular weight is 998 g/mol. The van der Waals surface area contributed by atoms with Crippen LogP contribution in [0.3, 0.4) is 0 Å². The Bertz CT molecular complexity index is 1220. The van der Waals surface area contributed by atoms with Gasteiger partial charge in [-0.25, -0.2) is 0 Å². The van der Waals surface area contributed by atoms with Crippen LogP contribution in [-0.2, 0) is 19.2 Å². The molecule has 0 fully saturated rings. The maximum absolute atomic E-state index is 13.3. The highest BCUT2D eigenvalue weighted by molar-refractivity contribution is 5.78. The topological polar surface area (TPSA) is 108 Å². The molecular weight excluding hydrogens is 877 g/mol. The van der Waals surface area contributed by atoms with Crippen molar-refractivity contribution in [1.29, 1.82) is 0 Å². The van der Waals surface area contributed by atoms with Gasteiger partial charge in [-0.1, -0.05) is 244 Å². The van der Waals surface area contributed by atoms with Crippen LogP contribution in [0.1, 0.15) is 329 Å². The zero-order chi connectivity index (χ0) is 51.6. The standard InChI is InChI=1S/C63H120N4O4/c1-4-7-10-13-16-19-20-21-23-26-29-34-38-43-48-53-61(69)65-59-66-62(70)54-49-44-39-35-30-27-24-22-25-28-31-36-41-46-51-57-67(63(71)55-50-45-40-33-18-15-12-9-6-3)58-56-64-60(68)52-47-42-37-32-17-14-11-8-5-2/h21-24H,4-20,25-59H2,1-3H3,(H,64,68)(H,65,69)(H,66,70). The lowest BCUT2D eigenvalue weighted by molar-refractivity contribution is -0.132. The van der Waals surface area contributed by atoms with Crippen LogP contribution in [0.5, 0.6) is 0 Å². The monoisotopic (exact) mass is 997 g/mol. The number of nitrogens with zero attached hydrogens (tertiary/aromatic N) is 1. The second kappa shape index (κ2) is 58.3. The van der Waals surface area contributed by atoms with E-state index >= 15 is 0 Å². The molecule has 0 aromatic heterocycles. The van der Waals surface area contributed by atoms with Gasteiger partial charge in [-0.3, -0.25) is 19.2 Å². The fourth-order valence-electron chi connectivity index (χ4n) is 9.48. The van der Waals surface area contributed by atoms with Crippen molar-refractivity contribution in [2.45, 2.75) is 329 Å². The molecule has 0 aromatic carbocycles. The first-order chi connectivity index (χ1) is 34.9. The summed E-state index contributed by atoms with van der Waals surface area (Å²) in [5, 5.41) is 8.82. The number of amides is 4. The molecule has 0 aliphatic rings. The van der Waals surface area contributed by atoms with Crippen LogP contribution in [0, 0.1) is 0 Å². The van der Waals surface area contributed by atoms with Crippen LogP contribution in [-0.4, -0.2) is 54.8 Å². The number of hydrogen-bond acceptors (Lipinski definition) is 4. The van der Waals surface area contributed by atoms with E-state index in [2.05, 4.69) is 61.0 Å². The fourth-order valence-corrected chi connectivity index (χ4v) is 9.48. The van der Waals surface area contributed by atoms with E-state index in [-0.39, 0.29) is 30.3 Å². The maximum atomic E-state index is 13.3. The van der Waals surface area contributed by atoms with Gasteiger partial charge in [0.05, 0.1) is 6.67 Å². The van der Waals surface area contributed by atoms with Crippen LogP contribution in [0.25, 0.3) is 0 Å². The highest BCUT2D eigenvalue weighted by Crippen LogP contribution is 2.15. The van der Waals surface area contributed by atoms with Crippen LogP contribution in [0.15, 0.2) is 24.3 Å². The first-order valence-corrected chi connectivity index (χ1v) is 31.3. The summed E-state index contributed by atoms with van der Waals surface area (Å²) in [7, 11) is 0. The van der Waals surface area contributed by atoms with E-state index in [1.807, 2.05) is 4.90 Å². The lowest BCUT2D eigenvalue weighted by Crippen LogP contribution is -2.39. The number of carbonyl (C=O) groups is 4. The summed E-state index contributed by atoms with van der Waals surface area (Å²) < 4.78 is 0. The minimum absolute atomic E-state index is 0.0278. The summed E-state index contributed by atoms with van der Waals surface area (Å²) in [4.78, 5) is 52.3. The zero-order valence-electron chi connectivity index (χ0n) is 47.7. The van der Waals surface area contributed by atoms with E-state index in [0.29, 0.717) is 38.8 Å². The molecule has 8 nitrogen and oxygen atoms in total. The lowest BCUT2D eigenvalue weighted by Gasteiger charge is -2.23. The summed E-state index contributed by atoms with van der Waals surface area (Å²) >= 11 is 0. The van der Waals surface area contributed by atoms with Crippen LogP contribution in [0.2, 0.25) is 0 Å². The minimum Gasteiger partial charge on any atom is -0.354 e. The Hall–Kier alpha value is -2.64. The highest BCUT2D eigenvalue weighted by Gasteiger charge is 2.14. The molecule has 0 rings (SSSR count). The molecule has 0 heterocycles. The molecule has 416 valence electrons. The smallest absolute Gasteiger partial charge is 0.222 e. The van der Waals surface area contributed by atoms with Crippen molar-refractivity contribution in [1.82, 2.24) is 20.9 Å². The molecule has 0 bridgehead atoms. The molecule has 0 unspecified atom stereocenters. The number of allylic oxidation sites excluding steroid dienone is 4. The third kappa shape index (κ3) is 55.0. The third-order valence-electron chi connectivity index (χ3n) is 14.3. The number of rotatable bonds is 57. The molecule has 0 saturated heterocycles. The molecule has 0 spiro atoms. The fraction of sp³-hybridized carbons (Fsp3) is 0.873. The zero-order valence-corrected chi connectivity index (χ0v) is 47.7. The van der Waals surface area contributed by atoms with E-state index in [9.17, 15) is 19.2 Å². The quantitative estimate of drug-likeness (QED) is 0.0320. The summed E-state index contributed by atoms with van der Waals surface area (Å²) in [6, 6.07) is 0. The third-order valence-corrected chi connectivity index (χ3v) is 14.3. The average Bonchev–Trinajstić information content (AvgIpc) is 3.36. The second-order valence-corrected chi connectivity index (χ2v) is 21.3. The Labute approximate surface area is 441 Å². The summed E-state index contributed by atoms with van der Waals surface area (Å²) in [5.74, 6) is 0.467. The molecule has 0 aliphatic carbocycles. The molecule has 8 heteroatoms. The van der Waals surface area contributed by atoms with E-state index in [1.165, 1.54) is 199 Å². The number of unbranched alkanes of at least 4 members (excludes halogenated alkanes) is 38. The SMILES string of the molecule is CCCCCCCCC=CCCCCCCCC(=O)NCNC(=O)CCCCCCCC=CCCCCCCCCN(CCNC(=O)CCCCCCCCCCC)C(=O)CCCCCCCCCCC. The molecule has 0 atom stereocenters. The summed E-state index contributed by atoms with van der Waals surface area (Å²) in [6.45, 7) is 9.03. The Morgan fingerprint density at radius 1 is 0.296 bits per heavy atom. The van der Waals surface area contributed by atoms with E-state index in [0.717, 1.165) is 90.0 Å². The molecule has 0 aromatic rings. The number of carbonyl (C=O) groups excluding carboxylic acids is 4. The van der Waals surface area contributed by atoms with E-state index in [4.69, 9.17) is 0 Å². The van der Waals surface area contributed by atoms with Crippen molar-refractivity contribution in [2.24, 2.45) is 0 Å². The van der Waals surface area contributed by atoms with Gasteiger partial charge in [-0.05, 0) is 83.5 Å². The molecule has 3 N–H and O–H groups in total. The number of hydrogen-bond donors (Lipinski definition) is 3. The van der Waals surface area contributed by atoms with Crippen molar-refractivity contribution in [3.05, 3.63) is 24.3 Å². The van der Waals surface area contributed by atoms with Crippen molar-refractivity contribution >= 4 is 23.6 Å². The normalized spacial score (nSPS) is 11.5. The highest BCUT2D eigenvalue weighted by atomic mass is 16.2. The van der Waals surface area contributed by atoms with E-state index < -0.39 is 0 Å². The van der Waals surface area contributed by atoms with Crippen molar-refractivity contribution in [3.63, 3.8) is 0 Å². The minimum atomic E-state index is 0.0278. The number of nitrogens with one attached hydrogen (secondary N) is 3. The summed E-state index contributed by atoms with van der Waals surface area (Å²) in [5.41, 5.74) is 0. The van der Waals surface area contributed by atoms with Gasteiger partial charge in [0.2, 0.25) is 23.6 Å². The molecule has 71 heavy (non-hydrogen) atoms. The predicted molar refractivity (Wildman–Crippen MR) is 308 cm³/mol. The van der Waals surface area contributed by atoms with Crippen LogP contribution in [0.4, 0.5) is 0 Å². The van der Waals surface area contributed by atoms with Crippen LogP contribution >= 0.6 is 0 Å². The molecule has 0 radical (unpaired) electrons. The molecule has 4 amide bonds. The lowest BCUT2D eigenvalue weighted by atomic mass is 10.1. The predicted octanol–water partition coefficient (Wildman–Crippen LogP) is 18.0. The van der Waals surface area contributed by atoms with E-state index in [1.54, 1.807) is 0 Å². The maximum Gasteiger partial charge on any atom is 0.222 e. The van der Waals surface area contributed by atoms with Gasteiger partial charge in [0.15, 0.2) is 0 Å². The first kappa shape index (κ1) is 68.4. The summed E-state index contributed by atoms with van der Waals surface area (Å²) in [6.07, 6.45) is 65.6. The Morgan fingerprint density at radius 3 is 0.901 bits per heavy atom. The Kier molecular flexibility index (Phi) is 56.1. The first-order valence-electron chi connectivity index (χ1n) is 31.3. The Morgan fingerprint density at radius 2 is 0.563 bits per heavy atom. The van der Waals surface area contributed by atoms with Crippen molar-refractivity contribution in [3.8, 4) is 0 Å². The van der Waals surface area contributed by atoms with Gasteiger partial charge in [0.25, 0.3) is 0 Å². The Balaban J connectivity index is 3.93. The second-order valence-electron chi connectivity index (χ2n) is 21.3.